The van der Waals surface area contributed by atoms with Gasteiger partial charge in [-0.05, 0) is 41.4 Å². The third-order valence-corrected chi connectivity index (χ3v) is 6.46. The zero-order valence-corrected chi connectivity index (χ0v) is 20.1. The van der Waals surface area contributed by atoms with E-state index in [2.05, 4.69) is 69.4 Å². The maximum Gasteiger partial charge on any atom is 0.283 e. The predicted molar refractivity (Wildman–Crippen MR) is 133 cm³/mol. The summed E-state index contributed by atoms with van der Waals surface area (Å²) in [6.45, 7) is 7.80. The number of benzene rings is 2. The van der Waals surface area contributed by atoms with E-state index >= 15 is 0 Å². The first-order chi connectivity index (χ1) is 17.2. The lowest BCUT2D eigenvalue weighted by Gasteiger charge is -2.36. The van der Waals surface area contributed by atoms with Gasteiger partial charge in [-0.15, -0.1) is 10.2 Å². The lowest BCUT2D eigenvalue weighted by Crippen LogP contribution is -2.50. The Kier molecular flexibility index (Phi) is 7.20. The number of aromatic nitrogens is 2. The van der Waals surface area contributed by atoms with Gasteiger partial charge < -0.3 is 13.7 Å². The van der Waals surface area contributed by atoms with Gasteiger partial charge in [0.15, 0.2) is 5.76 Å². The van der Waals surface area contributed by atoms with Crippen molar-refractivity contribution in [1.82, 2.24) is 24.9 Å². The number of hydrogen-bond acceptors (Lipinski definition) is 7. The maximum absolute atomic E-state index is 13.1. The van der Waals surface area contributed by atoms with Gasteiger partial charge in [0, 0.05) is 32.7 Å². The zero-order valence-electron chi connectivity index (χ0n) is 20.1. The fraction of sp³-hybridized carbons (Fsp3) is 0.370. The van der Waals surface area contributed by atoms with Gasteiger partial charge in [-0.25, -0.2) is 0 Å². The zero-order chi connectivity index (χ0) is 24.0. The van der Waals surface area contributed by atoms with E-state index in [-0.39, 0.29) is 5.91 Å². The van der Waals surface area contributed by atoms with Gasteiger partial charge in [0.2, 0.25) is 11.8 Å². The highest BCUT2D eigenvalue weighted by atomic mass is 16.4. The van der Waals surface area contributed by atoms with E-state index < -0.39 is 0 Å². The van der Waals surface area contributed by atoms with Crippen molar-refractivity contribution in [2.24, 2.45) is 0 Å². The van der Waals surface area contributed by atoms with E-state index in [0.29, 0.717) is 30.6 Å². The van der Waals surface area contributed by atoms with Crippen molar-refractivity contribution in [2.75, 3.05) is 39.3 Å². The fourth-order valence-corrected chi connectivity index (χ4v) is 4.66. The van der Waals surface area contributed by atoms with Crippen LogP contribution in [-0.2, 0) is 17.9 Å². The Bertz CT molecular complexity index is 1240. The first kappa shape index (κ1) is 23.3. The molecule has 182 valence electrons. The molecule has 5 rings (SSSR count). The Morgan fingerprint density at radius 2 is 1.83 bits per heavy atom. The summed E-state index contributed by atoms with van der Waals surface area (Å²) in [6, 6.07) is 18.6. The molecule has 1 amide bonds. The number of fused-ring (bicyclic) bond motifs is 1. The molecular formula is C27H31N5O3. The molecule has 35 heavy (non-hydrogen) atoms. The molecule has 0 aliphatic carbocycles. The SMILES string of the molecule is CCCN(CC(=O)N1CCN(Cc2cccc3ccccc23)CC1)Cc1nnc(-c2ccco2)o1. The Hall–Kier alpha value is -3.49. The van der Waals surface area contributed by atoms with Crippen LogP contribution in [0.4, 0.5) is 0 Å². The summed E-state index contributed by atoms with van der Waals surface area (Å²) in [5.41, 5.74) is 1.34. The fourth-order valence-electron chi connectivity index (χ4n) is 4.66. The molecule has 4 aromatic rings. The molecule has 0 spiro atoms. The lowest BCUT2D eigenvalue weighted by molar-refractivity contribution is -0.134. The van der Waals surface area contributed by atoms with Gasteiger partial charge in [0.05, 0.1) is 19.4 Å². The Labute approximate surface area is 205 Å². The average Bonchev–Trinajstić information content (AvgIpc) is 3.57. The van der Waals surface area contributed by atoms with E-state index in [1.54, 1.807) is 18.4 Å². The molecule has 1 saturated heterocycles. The molecule has 1 aliphatic heterocycles. The van der Waals surface area contributed by atoms with Crippen LogP contribution < -0.4 is 0 Å². The molecular weight excluding hydrogens is 442 g/mol. The average molecular weight is 474 g/mol. The monoisotopic (exact) mass is 473 g/mol. The summed E-state index contributed by atoms with van der Waals surface area (Å²) in [5.74, 6) is 1.53. The summed E-state index contributed by atoms with van der Waals surface area (Å²) in [4.78, 5) is 19.6. The van der Waals surface area contributed by atoms with Gasteiger partial charge in [-0.3, -0.25) is 14.6 Å². The Morgan fingerprint density at radius 3 is 2.63 bits per heavy atom. The van der Waals surface area contributed by atoms with Gasteiger partial charge in [0.25, 0.3) is 5.89 Å². The van der Waals surface area contributed by atoms with Crippen molar-refractivity contribution in [3.8, 4) is 11.7 Å². The van der Waals surface area contributed by atoms with Gasteiger partial charge in [-0.2, -0.15) is 0 Å². The summed E-state index contributed by atoms with van der Waals surface area (Å²) < 4.78 is 11.1. The topological polar surface area (TPSA) is 78.9 Å². The largest absolute Gasteiger partial charge is 0.459 e. The molecule has 0 atom stereocenters. The molecule has 0 saturated carbocycles. The minimum atomic E-state index is 0.147. The third-order valence-electron chi connectivity index (χ3n) is 6.46. The minimum absolute atomic E-state index is 0.147. The summed E-state index contributed by atoms with van der Waals surface area (Å²) in [5, 5.41) is 10.8. The number of hydrogen-bond donors (Lipinski definition) is 0. The Balaban J connectivity index is 1.14. The van der Waals surface area contributed by atoms with Crippen molar-refractivity contribution in [1.29, 1.82) is 0 Å². The molecule has 2 aromatic carbocycles. The molecule has 0 unspecified atom stereocenters. The first-order valence-electron chi connectivity index (χ1n) is 12.2. The van der Waals surface area contributed by atoms with Crippen LogP contribution in [0.25, 0.3) is 22.4 Å². The highest BCUT2D eigenvalue weighted by Gasteiger charge is 2.24. The second-order valence-electron chi connectivity index (χ2n) is 8.98. The normalized spacial score (nSPS) is 14.7. The van der Waals surface area contributed by atoms with Crippen molar-refractivity contribution >= 4 is 16.7 Å². The molecule has 0 N–H and O–H groups in total. The minimum Gasteiger partial charge on any atom is -0.459 e. The van der Waals surface area contributed by atoms with Crippen LogP contribution in [-0.4, -0.2) is 70.1 Å². The molecule has 1 fully saturated rings. The molecule has 8 nitrogen and oxygen atoms in total. The van der Waals surface area contributed by atoms with E-state index in [4.69, 9.17) is 8.83 Å². The van der Waals surface area contributed by atoms with Gasteiger partial charge >= 0.3 is 0 Å². The number of carbonyl (C=O) groups excluding carboxylic acids is 1. The number of nitrogens with zero attached hydrogens (tertiary/aromatic N) is 5. The number of carbonyl (C=O) groups is 1. The lowest BCUT2D eigenvalue weighted by atomic mass is 10.0. The van der Waals surface area contributed by atoms with Crippen molar-refractivity contribution in [2.45, 2.75) is 26.4 Å². The van der Waals surface area contributed by atoms with Crippen LogP contribution in [0, 0.1) is 0 Å². The number of rotatable bonds is 9. The standard InChI is InChI=1S/C27H31N5O3/c1-2-12-31(19-25-28-29-27(35-25)24-11-6-17-34-24)20-26(33)32-15-13-30(14-16-32)18-22-9-5-8-21-7-3-4-10-23(21)22/h3-11,17H,2,12-16,18-20H2,1H3. The third kappa shape index (κ3) is 5.61. The van der Waals surface area contributed by atoms with Crippen LogP contribution in [0.5, 0.6) is 0 Å². The van der Waals surface area contributed by atoms with Crippen LogP contribution in [0.1, 0.15) is 24.8 Å². The Morgan fingerprint density at radius 1 is 1.00 bits per heavy atom. The predicted octanol–water partition coefficient (Wildman–Crippen LogP) is 4.04. The maximum atomic E-state index is 13.1. The number of furan rings is 1. The summed E-state index contributed by atoms with van der Waals surface area (Å²) in [6.07, 6.45) is 2.51. The molecule has 3 heterocycles. The van der Waals surface area contributed by atoms with Gasteiger partial charge in [-0.1, -0.05) is 49.4 Å². The highest BCUT2D eigenvalue weighted by molar-refractivity contribution is 5.85. The van der Waals surface area contributed by atoms with Crippen LogP contribution in [0.3, 0.4) is 0 Å². The second-order valence-corrected chi connectivity index (χ2v) is 8.98. The van der Waals surface area contributed by atoms with Gasteiger partial charge in [0.1, 0.15) is 0 Å². The van der Waals surface area contributed by atoms with E-state index in [1.165, 1.54) is 16.3 Å². The van der Waals surface area contributed by atoms with Crippen LogP contribution in [0.15, 0.2) is 69.7 Å². The quantitative estimate of drug-likeness (QED) is 0.363. The highest BCUT2D eigenvalue weighted by Crippen LogP contribution is 2.21. The smallest absolute Gasteiger partial charge is 0.283 e. The number of amides is 1. The number of piperazine rings is 1. The molecule has 0 bridgehead atoms. The first-order valence-corrected chi connectivity index (χ1v) is 12.2. The van der Waals surface area contributed by atoms with E-state index in [9.17, 15) is 4.79 Å². The molecule has 8 heteroatoms. The summed E-state index contributed by atoms with van der Waals surface area (Å²) >= 11 is 0. The molecule has 0 radical (unpaired) electrons. The second kappa shape index (κ2) is 10.8. The molecule has 1 aliphatic rings. The van der Waals surface area contributed by atoms with Crippen molar-refractivity contribution in [3.05, 3.63) is 72.3 Å². The van der Waals surface area contributed by atoms with Crippen molar-refractivity contribution < 1.29 is 13.6 Å². The van der Waals surface area contributed by atoms with Crippen molar-refractivity contribution in [3.63, 3.8) is 0 Å². The summed E-state index contributed by atoms with van der Waals surface area (Å²) in [7, 11) is 0. The van der Waals surface area contributed by atoms with E-state index in [1.807, 2.05) is 4.90 Å². The molecule has 2 aromatic heterocycles. The van der Waals surface area contributed by atoms with Crippen LogP contribution in [0.2, 0.25) is 0 Å². The van der Waals surface area contributed by atoms with Crippen LogP contribution >= 0.6 is 0 Å². The van der Waals surface area contributed by atoms with E-state index in [0.717, 1.165) is 45.7 Å².